The van der Waals surface area contributed by atoms with E-state index in [1.165, 1.54) is 4.88 Å². The Morgan fingerprint density at radius 3 is 2.74 bits per heavy atom. The molecule has 8 heteroatoms. The van der Waals surface area contributed by atoms with Crippen LogP contribution >= 0.6 is 34.5 Å². The van der Waals surface area contributed by atoms with E-state index in [0.29, 0.717) is 37.7 Å². The minimum atomic E-state index is -0.173. The lowest BCUT2D eigenvalue weighted by Gasteiger charge is -2.37. The van der Waals surface area contributed by atoms with Crippen molar-refractivity contribution in [3.05, 3.63) is 56.7 Å². The van der Waals surface area contributed by atoms with E-state index in [4.69, 9.17) is 27.9 Å². The molecule has 2 amide bonds. The second-order valence-corrected chi connectivity index (χ2v) is 9.21. The number of fused-ring (bicyclic) bond motifs is 1. The first-order valence-corrected chi connectivity index (χ1v) is 12.4. The lowest BCUT2D eigenvalue weighted by atomic mass is 9.93. The standard InChI is InChI=1S/C23H28Cl2N2O3S/c1-2-30-14-3-12-26(21(28)8-11-24)16-22(29)27-13-9-20-19(10-15-31-20)23(27)17-4-6-18(25)7-5-17/h4-7,10,15,23H,2-3,8-9,11-14,16H2,1H3. The number of carbonyl (C=O) groups is 2. The van der Waals surface area contributed by atoms with Crippen molar-refractivity contribution in [2.45, 2.75) is 32.2 Å². The number of hydrogen-bond donors (Lipinski definition) is 0. The van der Waals surface area contributed by atoms with Gasteiger partial charge in [-0.25, -0.2) is 0 Å². The highest BCUT2D eigenvalue weighted by Crippen LogP contribution is 2.38. The summed E-state index contributed by atoms with van der Waals surface area (Å²) in [6.07, 6.45) is 1.73. The summed E-state index contributed by atoms with van der Waals surface area (Å²) in [5, 5.41) is 2.74. The van der Waals surface area contributed by atoms with Gasteiger partial charge in [0, 0.05) is 48.5 Å². The quantitative estimate of drug-likeness (QED) is 0.362. The fourth-order valence-corrected chi connectivity index (χ4v) is 5.07. The zero-order valence-electron chi connectivity index (χ0n) is 17.7. The SMILES string of the molecule is CCOCCCN(CC(=O)N1CCc2sccc2C1c1ccc(Cl)cc1)C(=O)CCCl. The molecule has 168 valence electrons. The van der Waals surface area contributed by atoms with Crippen molar-refractivity contribution >= 4 is 46.4 Å². The van der Waals surface area contributed by atoms with Gasteiger partial charge in [0.2, 0.25) is 11.8 Å². The number of rotatable bonds is 10. The first-order chi connectivity index (χ1) is 15.0. The largest absolute Gasteiger partial charge is 0.382 e. The fourth-order valence-electron chi connectivity index (χ4n) is 3.88. The molecule has 0 bridgehead atoms. The minimum Gasteiger partial charge on any atom is -0.382 e. The van der Waals surface area contributed by atoms with Gasteiger partial charge in [-0.2, -0.15) is 0 Å². The normalized spacial score (nSPS) is 15.6. The summed E-state index contributed by atoms with van der Waals surface area (Å²) >= 11 is 13.6. The molecule has 1 aliphatic rings. The van der Waals surface area contributed by atoms with Crippen LogP contribution in [0.1, 0.15) is 41.8 Å². The summed E-state index contributed by atoms with van der Waals surface area (Å²) in [7, 11) is 0. The highest BCUT2D eigenvalue weighted by atomic mass is 35.5. The number of amides is 2. The van der Waals surface area contributed by atoms with Gasteiger partial charge in [0.25, 0.3) is 0 Å². The molecule has 0 aliphatic carbocycles. The highest BCUT2D eigenvalue weighted by molar-refractivity contribution is 7.10. The topological polar surface area (TPSA) is 49.9 Å². The van der Waals surface area contributed by atoms with E-state index in [1.54, 1.807) is 16.2 Å². The average Bonchev–Trinajstić information content (AvgIpc) is 3.25. The van der Waals surface area contributed by atoms with Crippen molar-refractivity contribution < 1.29 is 14.3 Å². The molecule has 2 aromatic rings. The first kappa shape index (κ1) is 24.1. The van der Waals surface area contributed by atoms with Crippen LogP contribution < -0.4 is 0 Å². The number of halogens is 2. The maximum Gasteiger partial charge on any atom is 0.242 e. The van der Waals surface area contributed by atoms with Crippen LogP contribution in [0.5, 0.6) is 0 Å². The molecule has 0 radical (unpaired) electrons. The second-order valence-electron chi connectivity index (χ2n) is 7.40. The molecular weight excluding hydrogens is 455 g/mol. The van der Waals surface area contributed by atoms with Crippen LogP contribution in [0.2, 0.25) is 5.02 Å². The summed E-state index contributed by atoms with van der Waals surface area (Å²) in [5.41, 5.74) is 2.17. The van der Waals surface area contributed by atoms with Crippen molar-refractivity contribution in [3.8, 4) is 0 Å². The van der Waals surface area contributed by atoms with E-state index in [9.17, 15) is 9.59 Å². The Labute approximate surface area is 197 Å². The lowest BCUT2D eigenvalue weighted by molar-refractivity contribution is -0.141. The molecule has 0 fully saturated rings. The molecule has 2 heterocycles. The monoisotopic (exact) mass is 482 g/mol. The third-order valence-electron chi connectivity index (χ3n) is 5.38. The zero-order valence-corrected chi connectivity index (χ0v) is 20.0. The third-order valence-corrected chi connectivity index (χ3v) is 6.82. The van der Waals surface area contributed by atoms with Gasteiger partial charge >= 0.3 is 0 Å². The highest BCUT2D eigenvalue weighted by Gasteiger charge is 2.33. The molecule has 5 nitrogen and oxygen atoms in total. The Balaban J connectivity index is 1.79. The molecule has 1 aromatic heterocycles. The van der Waals surface area contributed by atoms with Gasteiger partial charge in [-0.05, 0) is 54.5 Å². The predicted molar refractivity (Wildman–Crippen MR) is 126 cm³/mol. The van der Waals surface area contributed by atoms with Gasteiger partial charge in [0.1, 0.15) is 0 Å². The molecular formula is C23H28Cl2N2O3S. The van der Waals surface area contributed by atoms with Gasteiger partial charge < -0.3 is 14.5 Å². The van der Waals surface area contributed by atoms with Crippen LogP contribution in [0, 0.1) is 0 Å². The summed E-state index contributed by atoms with van der Waals surface area (Å²) in [4.78, 5) is 30.8. The van der Waals surface area contributed by atoms with Crippen molar-refractivity contribution in [2.75, 3.05) is 38.7 Å². The predicted octanol–water partition coefficient (Wildman–Crippen LogP) is 4.76. The number of carbonyl (C=O) groups excluding carboxylic acids is 2. The molecule has 0 saturated carbocycles. The molecule has 0 N–H and O–H groups in total. The Morgan fingerprint density at radius 1 is 1.26 bits per heavy atom. The average molecular weight is 483 g/mol. The lowest BCUT2D eigenvalue weighted by Crippen LogP contribution is -2.47. The van der Waals surface area contributed by atoms with Crippen LogP contribution in [0.25, 0.3) is 0 Å². The van der Waals surface area contributed by atoms with E-state index >= 15 is 0 Å². The van der Waals surface area contributed by atoms with Gasteiger partial charge in [0.15, 0.2) is 0 Å². The van der Waals surface area contributed by atoms with Crippen molar-refractivity contribution in [2.24, 2.45) is 0 Å². The molecule has 3 rings (SSSR count). The van der Waals surface area contributed by atoms with Crippen LogP contribution in [0.15, 0.2) is 35.7 Å². The number of thiophene rings is 1. The number of benzene rings is 1. The van der Waals surface area contributed by atoms with Crippen LogP contribution in [0.4, 0.5) is 0 Å². The molecule has 1 aliphatic heterocycles. The van der Waals surface area contributed by atoms with Gasteiger partial charge in [0.05, 0.1) is 12.6 Å². The second kappa shape index (κ2) is 11.9. The Bertz CT molecular complexity index is 872. The van der Waals surface area contributed by atoms with E-state index in [2.05, 4.69) is 11.4 Å². The molecule has 31 heavy (non-hydrogen) atoms. The van der Waals surface area contributed by atoms with Gasteiger partial charge in [-0.1, -0.05) is 23.7 Å². The minimum absolute atomic E-state index is 0.0470. The smallest absolute Gasteiger partial charge is 0.242 e. The van der Waals surface area contributed by atoms with Crippen molar-refractivity contribution in [1.29, 1.82) is 0 Å². The number of nitrogens with zero attached hydrogens (tertiary/aromatic N) is 2. The molecule has 0 spiro atoms. The maximum absolute atomic E-state index is 13.4. The maximum atomic E-state index is 13.4. The van der Waals surface area contributed by atoms with E-state index < -0.39 is 0 Å². The van der Waals surface area contributed by atoms with E-state index in [1.807, 2.05) is 36.1 Å². The fraction of sp³-hybridized carbons (Fsp3) is 0.478. The first-order valence-electron chi connectivity index (χ1n) is 10.6. The van der Waals surface area contributed by atoms with Crippen molar-refractivity contribution in [1.82, 2.24) is 9.80 Å². The number of ether oxygens (including phenoxy) is 1. The van der Waals surface area contributed by atoms with Gasteiger partial charge in [-0.3, -0.25) is 9.59 Å². The molecule has 1 aromatic carbocycles. The molecule has 1 atom stereocenters. The number of hydrogen-bond acceptors (Lipinski definition) is 4. The summed E-state index contributed by atoms with van der Waals surface area (Å²) in [5.74, 6) is 0.0805. The molecule has 1 unspecified atom stereocenters. The van der Waals surface area contributed by atoms with Crippen LogP contribution in [-0.2, 0) is 20.7 Å². The Morgan fingerprint density at radius 2 is 2.03 bits per heavy atom. The summed E-state index contributed by atoms with van der Waals surface area (Å²) in [6, 6.07) is 9.57. The Kier molecular flexibility index (Phi) is 9.20. The third kappa shape index (κ3) is 6.22. The van der Waals surface area contributed by atoms with Crippen LogP contribution in [-0.4, -0.2) is 60.3 Å². The summed E-state index contributed by atoms with van der Waals surface area (Å²) in [6.45, 7) is 4.27. The zero-order chi connectivity index (χ0) is 22.2. The Hall–Kier alpha value is -1.60. The number of alkyl halides is 1. The summed E-state index contributed by atoms with van der Waals surface area (Å²) < 4.78 is 5.39. The van der Waals surface area contributed by atoms with Crippen molar-refractivity contribution in [3.63, 3.8) is 0 Å². The van der Waals surface area contributed by atoms with Crippen LogP contribution in [0.3, 0.4) is 0 Å². The van der Waals surface area contributed by atoms with E-state index in [-0.39, 0.29) is 36.7 Å². The molecule has 0 saturated heterocycles. The van der Waals surface area contributed by atoms with E-state index in [0.717, 1.165) is 17.5 Å². The van der Waals surface area contributed by atoms with Gasteiger partial charge in [-0.15, -0.1) is 22.9 Å².